The topological polar surface area (TPSA) is 46.5 Å². The Morgan fingerprint density at radius 2 is 1.89 bits per heavy atom. The van der Waals surface area contributed by atoms with Gasteiger partial charge in [0.15, 0.2) is 0 Å². The lowest BCUT2D eigenvalue weighted by atomic mass is 9.92. The van der Waals surface area contributed by atoms with Crippen molar-refractivity contribution in [2.75, 3.05) is 0 Å². The van der Waals surface area contributed by atoms with Crippen molar-refractivity contribution in [1.82, 2.24) is 0 Å². The minimum absolute atomic E-state index is 0.0845. The summed E-state index contributed by atoms with van der Waals surface area (Å²) in [6.07, 6.45) is 4.55. The number of hydrogen-bond donors (Lipinski definition) is 1. The third-order valence-electron chi connectivity index (χ3n) is 4.06. The van der Waals surface area contributed by atoms with Gasteiger partial charge in [0.05, 0.1) is 11.5 Å². The summed E-state index contributed by atoms with van der Waals surface area (Å²) in [5, 5.41) is 10.5. The molecule has 1 atom stereocenters. The van der Waals surface area contributed by atoms with Gasteiger partial charge in [-0.05, 0) is 37.0 Å². The second-order valence-corrected chi connectivity index (χ2v) is 5.49. The summed E-state index contributed by atoms with van der Waals surface area (Å²) in [6.45, 7) is 3.82. The van der Waals surface area contributed by atoms with E-state index in [2.05, 4.69) is 0 Å². The van der Waals surface area contributed by atoms with E-state index in [0.717, 1.165) is 37.7 Å². The monoisotopic (exact) mass is 262 g/mol. The maximum absolute atomic E-state index is 11.7. The largest absolute Gasteiger partial charge is 0.426 e. The number of esters is 1. The molecule has 1 N–H and O–H groups in total. The van der Waals surface area contributed by atoms with Crippen LogP contribution in [0.15, 0.2) is 24.3 Å². The number of rotatable bonds is 4. The number of aliphatic hydroxyl groups is 1. The van der Waals surface area contributed by atoms with Crippen LogP contribution < -0.4 is 4.74 Å². The minimum atomic E-state index is -0.681. The molecule has 0 amide bonds. The van der Waals surface area contributed by atoms with Crippen LogP contribution in [0.25, 0.3) is 0 Å². The fourth-order valence-electron chi connectivity index (χ4n) is 2.47. The first-order valence-electron chi connectivity index (χ1n) is 7.10. The zero-order valence-corrected chi connectivity index (χ0v) is 11.7. The molecule has 1 unspecified atom stereocenters. The van der Waals surface area contributed by atoms with E-state index in [4.69, 9.17) is 4.74 Å². The Labute approximate surface area is 114 Å². The van der Waals surface area contributed by atoms with E-state index in [1.165, 1.54) is 0 Å². The lowest BCUT2D eigenvalue weighted by molar-refractivity contribution is -0.138. The number of carbonyl (C=O) groups excluding carboxylic acids is 1. The Morgan fingerprint density at radius 1 is 1.32 bits per heavy atom. The first-order valence-corrected chi connectivity index (χ1v) is 7.10. The molecule has 1 saturated carbocycles. The summed E-state index contributed by atoms with van der Waals surface area (Å²) in [4.78, 5) is 11.7. The predicted octanol–water partition coefficient (Wildman–Crippen LogP) is 3.40. The molecule has 1 aliphatic carbocycles. The Kier molecular flexibility index (Phi) is 4.25. The van der Waals surface area contributed by atoms with Crippen molar-refractivity contribution in [1.29, 1.82) is 0 Å². The average molecular weight is 262 g/mol. The SMILES string of the molecule is CCC(C)C(=O)Oc1ccc(C2(O)CCCC2)cc1. The van der Waals surface area contributed by atoms with E-state index in [0.29, 0.717) is 5.75 Å². The van der Waals surface area contributed by atoms with Gasteiger partial charge in [-0.3, -0.25) is 4.79 Å². The normalized spacial score (nSPS) is 19.1. The van der Waals surface area contributed by atoms with Crippen molar-refractivity contribution in [3.8, 4) is 5.75 Å². The van der Waals surface area contributed by atoms with Crippen LogP contribution in [0.3, 0.4) is 0 Å². The molecule has 1 aliphatic rings. The Bertz CT molecular complexity index is 430. The van der Waals surface area contributed by atoms with E-state index in [-0.39, 0.29) is 11.9 Å². The van der Waals surface area contributed by atoms with E-state index < -0.39 is 5.60 Å². The van der Waals surface area contributed by atoms with Crippen molar-refractivity contribution >= 4 is 5.97 Å². The van der Waals surface area contributed by atoms with Crippen LogP contribution >= 0.6 is 0 Å². The second kappa shape index (κ2) is 5.74. The molecule has 0 heterocycles. The van der Waals surface area contributed by atoms with Gasteiger partial charge in [0.1, 0.15) is 5.75 Å². The van der Waals surface area contributed by atoms with E-state index in [1.807, 2.05) is 26.0 Å². The van der Waals surface area contributed by atoms with Crippen LogP contribution in [0, 0.1) is 5.92 Å². The van der Waals surface area contributed by atoms with E-state index in [1.54, 1.807) is 12.1 Å². The maximum Gasteiger partial charge on any atom is 0.314 e. The maximum atomic E-state index is 11.7. The number of ether oxygens (including phenoxy) is 1. The van der Waals surface area contributed by atoms with Crippen LogP contribution in [-0.4, -0.2) is 11.1 Å². The van der Waals surface area contributed by atoms with Gasteiger partial charge in [-0.2, -0.15) is 0 Å². The fraction of sp³-hybridized carbons (Fsp3) is 0.562. The number of hydrogen-bond acceptors (Lipinski definition) is 3. The van der Waals surface area contributed by atoms with Gasteiger partial charge >= 0.3 is 5.97 Å². The first-order chi connectivity index (χ1) is 9.05. The third-order valence-corrected chi connectivity index (χ3v) is 4.06. The van der Waals surface area contributed by atoms with Gasteiger partial charge in [-0.15, -0.1) is 0 Å². The van der Waals surface area contributed by atoms with Gasteiger partial charge in [0, 0.05) is 0 Å². The van der Waals surface area contributed by atoms with Crippen LogP contribution in [0.4, 0.5) is 0 Å². The third kappa shape index (κ3) is 3.16. The molecule has 1 aromatic rings. The number of carbonyl (C=O) groups is 1. The Hall–Kier alpha value is -1.35. The molecular weight excluding hydrogens is 240 g/mol. The number of benzene rings is 1. The summed E-state index contributed by atoms with van der Waals surface area (Å²) in [7, 11) is 0. The van der Waals surface area contributed by atoms with E-state index in [9.17, 15) is 9.90 Å². The van der Waals surface area contributed by atoms with Crippen molar-refractivity contribution in [3.05, 3.63) is 29.8 Å². The highest BCUT2D eigenvalue weighted by Gasteiger charge is 2.32. The molecule has 0 aromatic heterocycles. The lowest BCUT2D eigenvalue weighted by Gasteiger charge is -2.22. The molecule has 104 valence electrons. The quantitative estimate of drug-likeness (QED) is 0.668. The summed E-state index contributed by atoms with van der Waals surface area (Å²) >= 11 is 0. The second-order valence-electron chi connectivity index (χ2n) is 5.49. The molecule has 3 heteroatoms. The van der Waals surface area contributed by atoms with Crippen molar-refractivity contribution < 1.29 is 14.6 Å². The zero-order chi connectivity index (χ0) is 13.9. The Balaban J connectivity index is 2.04. The fourth-order valence-corrected chi connectivity index (χ4v) is 2.47. The van der Waals surface area contributed by atoms with Crippen LogP contribution in [0.5, 0.6) is 5.75 Å². The highest BCUT2D eigenvalue weighted by Crippen LogP contribution is 2.38. The molecule has 19 heavy (non-hydrogen) atoms. The average Bonchev–Trinajstić information content (AvgIpc) is 2.86. The predicted molar refractivity (Wildman–Crippen MR) is 73.9 cm³/mol. The molecule has 1 aromatic carbocycles. The lowest BCUT2D eigenvalue weighted by Crippen LogP contribution is -2.21. The molecule has 0 radical (unpaired) electrons. The highest BCUT2D eigenvalue weighted by atomic mass is 16.5. The van der Waals surface area contributed by atoms with Gasteiger partial charge in [-0.25, -0.2) is 0 Å². The first kappa shape index (κ1) is 14.1. The summed E-state index contributed by atoms with van der Waals surface area (Å²) < 4.78 is 5.30. The van der Waals surface area contributed by atoms with E-state index >= 15 is 0 Å². The van der Waals surface area contributed by atoms with Crippen LogP contribution in [0.2, 0.25) is 0 Å². The molecular formula is C16H22O3. The standard InChI is InChI=1S/C16H22O3/c1-3-12(2)15(17)19-14-8-6-13(7-9-14)16(18)10-4-5-11-16/h6-9,12,18H,3-5,10-11H2,1-2H3. The smallest absolute Gasteiger partial charge is 0.314 e. The van der Waals surface area contributed by atoms with Crippen molar-refractivity contribution in [3.63, 3.8) is 0 Å². The highest BCUT2D eigenvalue weighted by molar-refractivity contribution is 5.74. The van der Waals surface area contributed by atoms with Crippen LogP contribution in [-0.2, 0) is 10.4 Å². The molecule has 0 aliphatic heterocycles. The Morgan fingerprint density at radius 3 is 2.42 bits per heavy atom. The van der Waals surface area contributed by atoms with Crippen molar-refractivity contribution in [2.45, 2.75) is 51.6 Å². The molecule has 0 bridgehead atoms. The molecule has 3 nitrogen and oxygen atoms in total. The van der Waals surface area contributed by atoms with Crippen LogP contribution in [0.1, 0.15) is 51.5 Å². The molecule has 1 fully saturated rings. The van der Waals surface area contributed by atoms with Gasteiger partial charge in [-0.1, -0.05) is 38.8 Å². The minimum Gasteiger partial charge on any atom is -0.426 e. The van der Waals surface area contributed by atoms with Crippen molar-refractivity contribution in [2.24, 2.45) is 5.92 Å². The summed E-state index contributed by atoms with van der Waals surface area (Å²) in [5.41, 5.74) is 0.243. The van der Waals surface area contributed by atoms with Gasteiger partial charge < -0.3 is 9.84 Å². The zero-order valence-electron chi connectivity index (χ0n) is 11.7. The summed E-state index contributed by atoms with van der Waals surface area (Å²) in [5.74, 6) is 0.268. The van der Waals surface area contributed by atoms with Gasteiger partial charge in [0.25, 0.3) is 0 Å². The molecule has 2 rings (SSSR count). The van der Waals surface area contributed by atoms with Gasteiger partial charge in [0.2, 0.25) is 0 Å². The molecule has 0 spiro atoms. The summed E-state index contributed by atoms with van der Waals surface area (Å²) in [6, 6.07) is 7.27. The molecule has 0 saturated heterocycles.